The number of hydrogen-bond acceptors (Lipinski definition) is 5. The van der Waals surface area contributed by atoms with Crippen molar-refractivity contribution in [3.05, 3.63) is 59.7 Å². The first-order chi connectivity index (χ1) is 13.8. The van der Waals surface area contributed by atoms with Gasteiger partial charge in [-0.25, -0.2) is 4.79 Å². The molecule has 0 bridgehead atoms. The summed E-state index contributed by atoms with van der Waals surface area (Å²) in [5.74, 6) is -1.35. The van der Waals surface area contributed by atoms with Crippen LogP contribution in [-0.4, -0.2) is 31.5 Å². The molecule has 0 saturated heterocycles. The second-order valence-electron chi connectivity index (χ2n) is 5.88. The lowest BCUT2D eigenvalue weighted by Gasteiger charge is -2.13. The Labute approximate surface area is 165 Å². The number of ether oxygens (including phenoxy) is 3. The highest BCUT2D eigenvalue weighted by atomic mass is 19.4. The number of carbonyl (C=O) groups excluding carboxylic acids is 2. The van der Waals surface area contributed by atoms with Gasteiger partial charge in [0.2, 0.25) is 0 Å². The fourth-order valence-corrected chi connectivity index (χ4v) is 2.27. The molecule has 9 heteroatoms. The van der Waals surface area contributed by atoms with Gasteiger partial charge < -0.3 is 19.5 Å². The molecule has 1 amide bonds. The number of benzene rings is 2. The van der Waals surface area contributed by atoms with E-state index in [0.29, 0.717) is 5.75 Å². The summed E-state index contributed by atoms with van der Waals surface area (Å²) >= 11 is 0. The first-order valence-electron chi connectivity index (χ1n) is 8.74. The van der Waals surface area contributed by atoms with Gasteiger partial charge in [-0.15, -0.1) is 13.2 Å². The minimum Gasteiger partial charge on any atom is -0.482 e. The average Bonchev–Trinajstić information content (AvgIpc) is 2.69. The summed E-state index contributed by atoms with van der Waals surface area (Å²) in [6.45, 7) is 0.837. The van der Waals surface area contributed by atoms with Crippen molar-refractivity contribution in [2.45, 2.75) is 26.3 Å². The van der Waals surface area contributed by atoms with Gasteiger partial charge in [-0.2, -0.15) is 0 Å². The van der Waals surface area contributed by atoms with E-state index in [1.165, 1.54) is 18.2 Å². The Morgan fingerprint density at radius 3 is 2.34 bits per heavy atom. The monoisotopic (exact) mass is 411 g/mol. The molecule has 0 atom stereocenters. The quantitative estimate of drug-likeness (QED) is 0.641. The number of hydrogen-bond donors (Lipinski definition) is 1. The van der Waals surface area contributed by atoms with Crippen molar-refractivity contribution in [1.82, 2.24) is 5.32 Å². The van der Waals surface area contributed by atoms with Crippen LogP contribution in [0.5, 0.6) is 11.5 Å². The van der Waals surface area contributed by atoms with E-state index in [-0.39, 0.29) is 18.7 Å². The lowest BCUT2D eigenvalue weighted by atomic mass is 10.2. The van der Waals surface area contributed by atoms with Gasteiger partial charge >= 0.3 is 12.3 Å². The average molecular weight is 411 g/mol. The Balaban J connectivity index is 1.73. The zero-order valence-electron chi connectivity index (χ0n) is 15.6. The third-order valence-electron chi connectivity index (χ3n) is 3.73. The van der Waals surface area contributed by atoms with Gasteiger partial charge in [-0.05, 0) is 30.2 Å². The van der Waals surface area contributed by atoms with Crippen LogP contribution in [0.15, 0.2) is 48.5 Å². The van der Waals surface area contributed by atoms with E-state index in [0.717, 1.165) is 18.1 Å². The SMILES string of the molecule is CCc1ccc(OCC(=O)OCC(=O)NCc2ccccc2OC(F)(F)F)cc1. The molecule has 29 heavy (non-hydrogen) atoms. The Morgan fingerprint density at radius 1 is 1.00 bits per heavy atom. The molecular weight excluding hydrogens is 391 g/mol. The maximum atomic E-state index is 12.4. The van der Waals surface area contributed by atoms with Crippen LogP contribution in [0.4, 0.5) is 13.2 Å². The van der Waals surface area contributed by atoms with Crippen molar-refractivity contribution in [2.24, 2.45) is 0 Å². The highest BCUT2D eigenvalue weighted by molar-refractivity contribution is 5.80. The molecule has 6 nitrogen and oxygen atoms in total. The van der Waals surface area contributed by atoms with Crippen LogP contribution in [0, 0.1) is 0 Å². The van der Waals surface area contributed by atoms with Crippen LogP contribution >= 0.6 is 0 Å². The van der Waals surface area contributed by atoms with Crippen molar-refractivity contribution in [2.75, 3.05) is 13.2 Å². The molecule has 0 saturated carbocycles. The van der Waals surface area contributed by atoms with Gasteiger partial charge in [0.15, 0.2) is 13.2 Å². The van der Waals surface area contributed by atoms with E-state index < -0.39 is 30.6 Å². The molecule has 1 N–H and O–H groups in total. The number of carbonyl (C=O) groups is 2. The molecule has 0 aliphatic rings. The summed E-state index contributed by atoms with van der Waals surface area (Å²) in [5.41, 5.74) is 1.25. The maximum Gasteiger partial charge on any atom is 0.573 e. The van der Waals surface area contributed by atoms with E-state index >= 15 is 0 Å². The number of alkyl halides is 3. The molecule has 2 rings (SSSR count). The standard InChI is InChI=1S/C20H20F3NO5/c1-2-14-7-9-16(10-8-14)27-13-19(26)28-12-18(25)24-11-15-5-3-4-6-17(15)29-20(21,22)23/h3-10H,2,11-13H2,1H3,(H,24,25). The lowest BCUT2D eigenvalue weighted by Crippen LogP contribution is -2.30. The minimum atomic E-state index is -4.84. The molecule has 0 fully saturated rings. The molecule has 0 aliphatic carbocycles. The second-order valence-corrected chi connectivity index (χ2v) is 5.88. The molecule has 0 heterocycles. The normalized spacial score (nSPS) is 10.9. The van der Waals surface area contributed by atoms with Crippen LogP contribution in [0.2, 0.25) is 0 Å². The number of rotatable bonds is 9. The first kappa shape index (κ1) is 22.1. The van der Waals surface area contributed by atoms with Crippen molar-refractivity contribution in [3.8, 4) is 11.5 Å². The number of aryl methyl sites for hydroxylation is 1. The van der Waals surface area contributed by atoms with E-state index in [2.05, 4.69) is 10.1 Å². The molecular formula is C20H20F3NO5. The number of halogens is 3. The van der Waals surface area contributed by atoms with Crippen molar-refractivity contribution in [3.63, 3.8) is 0 Å². The molecule has 2 aromatic rings. The van der Waals surface area contributed by atoms with Crippen LogP contribution in [0.25, 0.3) is 0 Å². The molecule has 0 radical (unpaired) electrons. The number of amides is 1. The smallest absolute Gasteiger partial charge is 0.482 e. The lowest BCUT2D eigenvalue weighted by molar-refractivity contribution is -0.274. The molecule has 0 unspecified atom stereocenters. The van der Waals surface area contributed by atoms with Gasteiger partial charge in [0.25, 0.3) is 5.91 Å². The Bertz CT molecular complexity index is 822. The molecule has 156 valence electrons. The summed E-state index contributed by atoms with van der Waals surface area (Å²) in [5, 5.41) is 2.36. The van der Waals surface area contributed by atoms with Gasteiger partial charge in [0, 0.05) is 12.1 Å². The topological polar surface area (TPSA) is 73.9 Å². The summed E-state index contributed by atoms with van der Waals surface area (Å²) < 4.78 is 51.1. The van der Waals surface area contributed by atoms with Gasteiger partial charge in [0.05, 0.1) is 0 Å². The van der Waals surface area contributed by atoms with Crippen molar-refractivity contribution in [1.29, 1.82) is 0 Å². The van der Waals surface area contributed by atoms with Gasteiger partial charge in [-0.3, -0.25) is 4.79 Å². The zero-order valence-corrected chi connectivity index (χ0v) is 15.6. The highest BCUT2D eigenvalue weighted by Gasteiger charge is 2.31. The van der Waals surface area contributed by atoms with Crippen LogP contribution < -0.4 is 14.8 Å². The molecule has 0 spiro atoms. The van der Waals surface area contributed by atoms with Gasteiger partial charge in [0.1, 0.15) is 11.5 Å². The Hall–Kier alpha value is -3.23. The Morgan fingerprint density at radius 2 is 1.69 bits per heavy atom. The van der Waals surface area contributed by atoms with Crippen LogP contribution in [0.3, 0.4) is 0 Å². The van der Waals surface area contributed by atoms with E-state index in [9.17, 15) is 22.8 Å². The predicted molar refractivity (Wildman–Crippen MR) is 97.2 cm³/mol. The zero-order chi connectivity index (χ0) is 21.3. The van der Waals surface area contributed by atoms with Crippen LogP contribution in [-0.2, 0) is 27.3 Å². The highest BCUT2D eigenvalue weighted by Crippen LogP contribution is 2.26. The minimum absolute atomic E-state index is 0.128. The fraction of sp³-hybridized carbons (Fsp3) is 0.300. The van der Waals surface area contributed by atoms with E-state index in [4.69, 9.17) is 9.47 Å². The molecule has 0 aliphatic heterocycles. The summed E-state index contributed by atoms with van der Waals surface area (Å²) in [6, 6.07) is 12.6. The summed E-state index contributed by atoms with van der Waals surface area (Å²) in [6.07, 6.45) is -3.96. The summed E-state index contributed by atoms with van der Waals surface area (Å²) in [7, 11) is 0. The van der Waals surface area contributed by atoms with Crippen molar-refractivity contribution < 1.29 is 37.0 Å². The second kappa shape index (κ2) is 10.4. The summed E-state index contributed by atoms with van der Waals surface area (Å²) in [4.78, 5) is 23.4. The number of nitrogens with one attached hydrogen (secondary N) is 1. The maximum absolute atomic E-state index is 12.4. The third-order valence-corrected chi connectivity index (χ3v) is 3.73. The van der Waals surface area contributed by atoms with E-state index in [1.807, 2.05) is 19.1 Å². The van der Waals surface area contributed by atoms with E-state index in [1.54, 1.807) is 12.1 Å². The van der Waals surface area contributed by atoms with Gasteiger partial charge in [-0.1, -0.05) is 37.3 Å². The fourth-order valence-electron chi connectivity index (χ4n) is 2.27. The molecule has 0 aromatic heterocycles. The van der Waals surface area contributed by atoms with Crippen LogP contribution in [0.1, 0.15) is 18.1 Å². The predicted octanol–water partition coefficient (Wildman–Crippen LogP) is 3.39. The number of esters is 1. The molecule has 2 aromatic carbocycles. The largest absolute Gasteiger partial charge is 0.573 e. The Kier molecular flexibility index (Phi) is 7.88. The third kappa shape index (κ3) is 8.12. The first-order valence-corrected chi connectivity index (χ1v) is 8.74. The van der Waals surface area contributed by atoms with Crippen molar-refractivity contribution >= 4 is 11.9 Å². The number of para-hydroxylation sites is 1.